The Morgan fingerprint density at radius 1 is 1.56 bits per heavy atom. The summed E-state index contributed by atoms with van der Waals surface area (Å²) in [6.45, 7) is 2.51. The van der Waals surface area contributed by atoms with E-state index >= 15 is 0 Å². The maximum Gasteiger partial charge on any atom is 0.128 e. The van der Waals surface area contributed by atoms with Crippen LogP contribution in [0.4, 0.5) is 4.39 Å². The van der Waals surface area contributed by atoms with Crippen molar-refractivity contribution in [3.8, 4) is 0 Å². The largest absolute Gasteiger partial charge is 0.309 e. The van der Waals surface area contributed by atoms with E-state index in [1.165, 1.54) is 6.07 Å². The monoisotopic (exact) mass is 307 g/mol. The Kier molecular flexibility index (Phi) is 5.58. The van der Waals surface area contributed by atoms with Gasteiger partial charge in [-0.15, -0.1) is 0 Å². The van der Waals surface area contributed by atoms with Gasteiger partial charge < -0.3 is 5.32 Å². The molecule has 90 valence electrons. The molecule has 2 unspecified atom stereocenters. The average Bonchev–Trinajstić information content (AvgIpc) is 2.21. The third-order valence-corrected chi connectivity index (χ3v) is 3.54. The maximum atomic E-state index is 13.5. The topological polar surface area (TPSA) is 29.1 Å². The highest BCUT2D eigenvalue weighted by molar-refractivity contribution is 9.10. The van der Waals surface area contributed by atoms with Gasteiger partial charge in [0.15, 0.2) is 0 Å². The molecule has 0 amide bonds. The molecule has 0 saturated carbocycles. The molecular weight excluding hydrogens is 293 g/mol. The molecule has 1 aromatic rings. The van der Waals surface area contributed by atoms with Gasteiger partial charge in [0.05, 0.1) is 0 Å². The first-order valence-electron chi connectivity index (χ1n) is 4.99. The zero-order valence-corrected chi connectivity index (χ0v) is 11.7. The molecule has 0 aromatic heterocycles. The van der Waals surface area contributed by atoms with Gasteiger partial charge in [0.1, 0.15) is 5.82 Å². The van der Waals surface area contributed by atoms with Crippen LogP contribution in [0.3, 0.4) is 0 Å². The quantitative estimate of drug-likeness (QED) is 0.906. The summed E-state index contributed by atoms with van der Waals surface area (Å²) in [6.07, 6.45) is 1.66. The number of rotatable bonds is 5. The van der Waals surface area contributed by atoms with Crippen LogP contribution in [0.15, 0.2) is 22.7 Å². The van der Waals surface area contributed by atoms with E-state index in [9.17, 15) is 8.60 Å². The molecule has 0 aliphatic rings. The zero-order valence-electron chi connectivity index (χ0n) is 9.30. The predicted molar refractivity (Wildman–Crippen MR) is 69.5 cm³/mol. The van der Waals surface area contributed by atoms with E-state index in [0.29, 0.717) is 17.9 Å². The van der Waals surface area contributed by atoms with Crippen molar-refractivity contribution in [2.24, 2.45) is 0 Å². The van der Waals surface area contributed by atoms with Crippen LogP contribution >= 0.6 is 15.9 Å². The van der Waals surface area contributed by atoms with Gasteiger partial charge in [-0.25, -0.2) is 4.39 Å². The smallest absolute Gasteiger partial charge is 0.128 e. The summed E-state index contributed by atoms with van der Waals surface area (Å²) in [5.41, 5.74) is 0.622. The van der Waals surface area contributed by atoms with E-state index in [1.54, 1.807) is 18.4 Å². The highest BCUT2D eigenvalue weighted by Gasteiger charge is 2.10. The molecule has 0 radical (unpaired) electrons. The fraction of sp³-hybridized carbons (Fsp3) is 0.455. The van der Waals surface area contributed by atoms with Crippen molar-refractivity contribution in [2.45, 2.75) is 13.0 Å². The lowest BCUT2D eigenvalue weighted by molar-refractivity contribution is 0.541. The summed E-state index contributed by atoms with van der Waals surface area (Å²) in [5, 5.41) is 3.14. The first-order chi connectivity index (χ1) is 7.50. The van der Waals surface area contributed by atoms with Gasteiger partial charge in [-0.05, 0) is 25.1 Å². The molecule has 1 N–H and O–H groups in total. The summed E-state index contributed by atoms with van der Waals surface area (Å²) in [5.74, 6) is 0.362. The van der Waals surface area contributed by atoms with E-state index in [2.05, 4.69) is 21.2 Å². The van der Waals surface area contributed by atoms with Crippen LogP contribution in [0, 0.1) is 5.82 Å². The van der Waals surface area contributed by atoms with E-state index in [4.69, 9.17) is 0 Å². The molecule has 2 atom stereocenters. The minimum Gasteiger partial charge on any atom is -0.309 e. The van der Waals surface area contributed by atoms with Gasteiger partial charge in [0.2, 0.25) is 0 Å². The highest BCUT2D eigenvalue weighted by atomic mass is 79.9. The van der Waals surface area contributed by atoms with Gasteiger partial charge in [-0.1, -0.05) is 15.9 Å². The standard InChI is InChI=1S/C11H15BrFNOS/c1-8(14-5-6-16(2)15)10-7-9(12)3-4-11(10)13/h3-4,7-8,14H,5-6H2,1-2H3. The molecule has 2 nitrogen and oxygen atoms in total. The lowest BCUT2D eigenvalue weighted by Crippen LogP contribution is -2.24. The van der Waals surface area contributed by atoms with Crippen molar-refractivity contribution in [1.82, 2.24) is 5.32 Å². The average molecular weight is 308 g/mol. The Balaban J connectivity index is 2.61. The molecular formula is C11H15BrFNOS. The van der Waals surface area contributed by atoms with Gasteiger partial charge in [0, 0.05) is 45.4 Å². The summed E-state index contributed by atoms with van der Waals surface area (Å²) < 4.78 is 25.2. The minimum atomic E-state index is -0.814. The third kappa shape index (κ3) is 4.31. The number of hydrogen-bond donors (Lipinski definition) is 1. The molecule has 1 aromatic carbocycles. The first kappa shape index (κ1) is 13.8. The molecule has 5 heteroatoms. The van der Waals surface area contributed by atoms with Crippen molar-refractivity contribution >= 4 is 26.7 Å². The predicted octanol–water partition coefficient (Wildman–Crippen LogP) is 2.62. The molecule has 0 spiro atoms. The number of halogens is 2. The first-order valence-corrected chi connectivity index (χ1v) is 7.51. The zero-order chi connectivity index (χ0) is 12.1. The van der Waals surface area contributed by atoms with E-state index < -0.39 is 10.8 Å². The van der Waals surface area contributed by atoms with Crippen molar-refractivity contribution in [3.05, 3.63) is 34.1 Å². The molecule has 0 heterocycles. The second-order valence-electron chi connectivity index (χ2n) is 3.62. The Morgan fingerprint density at radius 2 is 2.25 bits per heavy atom. The van der Waals surface area contributed by atoms with Crippen LogP contribution in [0.2, 0.25) is 0 Å². The number of hydrogen-bond acceptors (Lipinski definition) is 2. The van der Waals surface area contributed by atoms with Crippen molar-refractivity contribution < 1.29 is 8.60 Å². The van der Waals surface area contributed by atoms with Crippen LogP contribution in [0.25, 0.3) is 0 Å². The van der Waals surface area contributed by atoms with Crippen LogP contribution < -0.4 is 5.32 Å². The van der Waals surface area contributed by atoms with E-state index in [0.717, 1.165) is 4.47 Å². The normalized spacial score (nSPS) is 14.8. The van der Waals surface area contributed by atoms with E-state index in [-0.39, 0.29) is 11.9 Å². The number of nitrogens with one attached hydrogen (secondary N) is 1. The molecule has 0 fully saturated rings. The minimum absolute atomic E-state index is 0.0824. The second kappa shape index (κ2) is 6.47. The fourth-order valence-electron chi connectivity index (χ4n) is 1.38. The Labute approximate surface area is 106 Å². The van der Waals surface area contributed by atoms with E-state index in [1.807, 2.05) is 6.92 Å². The molecule has 1 rings (SSSR count). The molecule has 0 aliphatic heterocycles. The van der Waals surface area contributed by atoms with Crippen molar-refractivity contribution in [2.75, 3.05) is 18.6 Å². The second-order valence-corrected chi connectivity index (χ2v) is 6.09. The van der Waals surface area contributed by atoms with Crippen LogP contribution in [-0.4, -0.2) is 22.8 Å². The molecule has 0 saturated heterocycles. The third-order valence-electron chi connectivity index (χ3n) is 2.26. The van der Waals surface area contributed by atoms with Crippen LogP contribution in [-0.2, 0) is 10.8 Å². The van der Waals surface area contributed by atoms with Crippen molar-refractivity contribution in [3.63, 3.8) is 0 Å². The lowest BCUT2D eigenvalue weighted by Gasteiger charge is -2.14. The summed E-state index contributed by atoms with van der Waals surface area (Å²) >= 11 is 3.31. The Hall–Kier alpha value is -0.260. The molecule has 0 aliphatic carbocycles. The molecule has 0 bridgehead atoms. The summed E-state index contributed by atoms with van der Waals surface area (Å²) in [6, 6.07) is 4.79. The SMILES string of the molecule is CC(NCCS(C)=O)c1cc(Br)ccc1F. The lowest BCUT2D eigenvalue weighted by atomic mass is 10.1. The van der Waals surface area contributed by atoms with Crippen LogP contribution in [0.5, 0.6) is 0 Å². The Bertz CT molecular complexity index is 386. The van der Waals surface area contributed by atoms with Crippen LogP contribution in [0.1, 0.15) is 18.5 Å². The maximum absolute atomic E-state index is 13.5. The van der Waals surface area contributed by atoms with Gasteiger partial charge in [-0.2, -0.15) is 0 Å². The van der Waals surface area contributed by atoms with Gasteiger partial charge in [0.25, 0.3) is 0 Å². The summed E-state index contributed by atoms with van der Waals surface area (Å²) in [4.78, 5) is 0. The summed E-state index contributed by atoms with van der Waals surface area (Å²) in [7, 11) is -0.814. The van der Waals surface area contributed by atoms with Crippen molar-refractivity contribution in [1.29, 1.82) is 0 Å². The number of benzene rings is 1. The van der Waals surface area contributed by atoms with Gasteiger partial charge >= 0.3 is 0 Å². The van der Waals surface area contributed by atoms with Gasteiger partial charge in [-0.3, -0.25) is 4.21 Å². The Morgan fingerprint density at radius 3 is 2.88 bits per heavy atom. The molecule has 16 heavy (non-hydrogen) atoms. The fourth-order valence-corrected chi connectivity index (χ4v) is 2.16. The highest BCUT2D eigenvalue weighted by Crippen LogP contribution is 2.21.